The van der Waals surface area contributed by atoms with Crippen LogP contribution < -0.4 is 0 Å². The molecule has 2 nitrogen and oxygen atoms in total. The molecule has 0 bridgehead atoms. The lowest BCUT2D eigenvalue weighted by molar-refractivity contribution is -0.117. The Balaban J connectivity index is 2.29. The van der Waals surface area contributed by atoms with Crippen molar-refractivity contribution in [2.24, 2.45) is 5.92 Å². The number of hydrogen-bond acceptors (Lipinski definition) is 3. The summed E-state index contributed by atoms with van der Waals surface area (Å²) in [5.74, 6) is -0.633. The highest BCUT2D eigenvalue weighted by atomic mass is 32.1. The quantitative estimate of drug-likeness (QED) is 0.607. The fourth-order valence-corrected chi connectivity index (χ4v) is 2.77. The second-order valence-electron chi connectivity index (χ2n) is 4.90. The van der Waals surface area contributed by atoms with Crippen LogP contribution in [0.3, 0.4) is 0 Å². The van der Waals surface area contributed by atoms with Crippen LogP contribution in [0.2, 0.25) is 0 Å². The lowest BCUT2D eigenvalue weighted by atomic mass is 10.0. The summed E-state index contributed by atoms with van der Waals surface area (Å²) in [6, 6.07) is 11.9. The largest absolute Gasteiger partial charge is 0.293 e. The van der Waals surface area contributed by atoms with Gasteiger partial charge in [-0.3, -0.25) is 4.79 Å². The molecule has 21 heavy (non-hydrogen) atoms. The zero-order valence-electron chi connectivity index (χ0n) is 11.8. The molecule has 0 aliphatic heterocycles. The first-order valence-electron chi connectivity index (χ1n) is 6.53. The van der Waals surface area contributed by atoms with E-state index in [2.05, 4.69) is 0 Å². The van der Waals surface area contributed by atoms with E-state index < -0.39 is 0 Å². The molecular weight excluding hydrogens is 285 g/mol. The first kappa shape index (κ1) is 15.1. The van der Waals surface area contributed by atoms with Gasteiger partial charge in [0.1, 0.15) is 11.9 Å². The van der Waals surface area contributed by atoms with Gasteiger partial charge in [-0.25, -0.2) is 4.39 Å². The highest BCUT2D eigenvalue weighted by Crippen LogP contribution is 2.29. The Morgan fingerprint density at radius 2 is 1.90 bits per heavy atom. The van der Waals surface area contributed by atoms with Crippen LogP contribution >= 0.6 is 11.3 Å². The zero-order valence-corrected chi connectivity index (χ0v) is 12.6. The molecule has 2 aromatic rings. The number of Topliss-reactive ketones (excluding diaryl/α,β-unsaturated/α-hetero) is 1. The average molecular weight is 299 g/mol. The average Bonchev–Trinajstić information content (AvgIpc) is 2.93. The van der Waals surface area contributed by atoms with Gasteiger partial charge in [-0.15, -0.1) is 11.3 Å². The highest BCUT2D eigenvalue weighted by Gasteiger charge is 2.13. The van der Waals surface area contributed by atoms with Gasteiger partial charge in [0.05, 0.1) is 5.57 Å². The summed E-state index contributed by atoms with van der Waals surface area (Å²) in [4.78, 5) is 13.7. The molecule has 0 saturated carbocycles. The minimum Gasteiger partial charge on any atom is -0.293 e. The number of benzene rings is 1. The van der Waals surface area contributed by atoms with E-state index in [9.17, 15) is 9.18 Å². The Bertz CT molecular complexity index is 720. The molecule has 4 heteroatoms. The maximum absolute atomic E-state index is 12.9. The van der Waals surface area contributed by atoms with Crippen LogP contribution in [0.1, 0.15) is 18.7 Å². The lowest BCUT2D eigenvalue weighted by Gasteiger charge is -2.00. The van der Waals surface area contributed by atoms with Gasteiger partial charge < -0.3 is 0 Å². The SMILES string of the molecule is CC(C)C(=O)/C(C#N)=C/c1ccc(-c2ccc(F)cc2)s1. The summed E-state index contributed by atoms with van der Waals surface area (Å²) in [5, 5.41) is 9.08. The van der Waals surface area contributed by atoms with Crippen LogP contribution in [0.25, 0.3) is 16.5 Å². The van der Waals surface area contributed by atoms with E-state index in [1.165, 1.54) is 23.5 Å². The van der Waals surface area contributed by atoms with Crippen molar-refractivity contribution in [3.05, 3.63) is 52.7 Å². The van der Waals surface area contributed by atoms with Crippen molar-refractivity contribution in [1.29, 1.82) is 5.26 Å². The first-order valence-corrected chi connectivity index (χ1v) is 7.34. The molecule has 1 aromatic heterocycles. The van der Waals surface area contributed by atoms with Gasteiger partial charge in [-0.1, -0.05) is 26.0 Å². The molecule has 2 rings (SSSR count). The second-order valence-corrected chi connectivity index (χ2v) is 6.01. The van der Waals surface area contributed by atoms with Gasteiger partial charge in [0, 0.05) is 15.7 Å². The van der Waals surface area contributed by atoms with E-state index in [4.69, 9.17) is 5.26 Å². The van der Waals surface area contributed by atoms with E-state index in [-0.39, 0.29) is 23.1 Å². The van der Waals surface area contributed by atoms with Gasteiger partial charge in [-0.2, -0.15) is 5.26 Å². The molecule has 0 fully saturated rings. The van der Waals surface area contributed by atoms with Gasteiger partial charge >= 0.3 is 0 Å². The fraction of sp³-hybridized carbons (Fsp3) is 0.176. The fourth-order valence-electron chi connectivity index (χ4n) is 1.81. The molecule has 0 N–H and O–H groups in total. The third-order valence-electron chi connectivity index (χ3n) is 2.95. The zero-order chi connectivity index (χ0) is 15.4. The molecule has 0 spiro atoms. The predicted molar refractivity (Wildman–Crippen MR) is 83.1 cm³/mol. The van der Waals surface area contributed by atoms with Crippen molar-refractivity contribution in [1.82, 2.24) is 0 Å². The summed E-state index contributed by atoms with van der Waals surface area (Å²) in [5.41, 5.74) is 1.08. The number of nitrogens with zero attached hydrogens (tertiary/aromatic N) is 1. The van der Waals surface area contributed by atoms with Gasteiger partial charge in [0.25, 0.3) is 0 Å². The molecule has 106 valence electrons. The molecule has 0 aliphatic carbocycles. The van der Waals surface area contributed by atoms with Crippen LogP contribution in [0, 0.1) is 23.1 Å². The number of ketones is 1. The minimum absolute atomic E-state index is 0.158. The van der Waals surface area contributed by atoms with Gasteiger partial charge in [0.15, 0.2) is 5.78 Å². The number of carbonyl (C=O) groups is 1. The summed E-state index contributed by atoms with van der Waals surface area (Å²) in [6.45, 7) is 3.54. The molecule has 0 amide bonds. The number of nitriles is 1. The number of carbonyl (C=O) groups excluding carboxylic acids is 1. The normalized spacial score (nSPS) is 11.5. The van der Waals surface area contributed by atoms with Crippen molar-refractivity contribution >= 4 is 23.2 Å². The third kappa shape index (κ3) is 3.65. The Hall–Kier alpha value is -2.25. The van der Waals surface area contributed by atoms with Crippen LogP contribution in [-0.2, 0) is 4.79 Å². The van der Waals surface area contributed by atoms with Crippen LogP contribution in [-0.4, -0.2) is 5.78 Å². The van der Waals surface area contributed by atoms with Crippen molar-refractivity contribution in [2.45, 2.75) is 13.8 Å². The molecule has 0 unspecified atom stereocenters. The van der Waals surface area contributed by atoms with E-state index >= 15 is 0 Å². The lowest BCUT2D eigenvalue weighted by Crippen LogP contribution is -2.08. The Labute approximate surface area is 127 Å². The molecular formula is C17H14FNOS. The third-order valence-corrected chi connectivity index (χ3v) is 4.03. The van der Waals surface area contributed by atoms with E-state index in [1.54, 1.807) is 32.1 Å². The molecule has 1 heterocycles. The summed E-state index contributed by atoms with van der Waals surface area (Å²) < 4.78 is 12.9. The molecule has 0 saturated heterocycles. The summed E-state index contributed by atoms with van der Waals surface area (Å²) >= 11 is 1.46. The monoisotopic (exact) mass is 299 g/mol. The van der Waals surface area contributed by atoms with Crippen molar-refractivity contribution in [2.75, 3.05) is 0 Å². The maximum atomic E-state index is 12.9. The van der Waals surface area contributed by atoms with Crippen molar-refractivity contribution < 1.29 is 9.18 Å². The van der Waals surface area contributed by atoms with Crippen LogP contribution in [0.5, 0.6) is 0 Å². The topological polar surface area (TPSA) is 40.9 Å². The summed E-state index contributed by atoms with van der Waals surface area (Å²) in [6.07, 6.45) is 1.61. The maximum Gasteiger partial charge on any atom is 0.175 e. The van der Waals surface area contributed by atoms with Crippen LogP contribution in [0.15, 0.2) is 42.0 Å². The van der Waals surface area contributed by atoms with Crippen molar-refractivity contribution in [3.63, 3.8) is 0 Å². The highest BCUT2D eigenvalue weighted by molar-refractivity contribution is 7.16. The first-order chi connectivity index (χ1) is 10.0. The smallest absolute Gasteiger partial charge is 0.175 e. The van der Waals surface area contributed by atoms with E-state index in [0.717, 1.165) is 15.3 Å². The Morgan fingerprint density at radius 3 is 2.48 bits per heavy atom. The Kier molecular flexibility index (Phi) is 4.66. The minimum atomic E-state index is -0.273. The van der Waals surface area contributed by atoms with Gasteiger partial charge in [0.2, 0.25) is 0 Å². The molecule has 0 aliphatic rings. The summed E-state index contributed by atoms with van der Waals surface area (Å²) in [7, 11) is 0. The number of hydrogen-bond donors (Lipinski definition) is 0. The van der Waals surface area contributed by atoms with Crippen molar-refractivity contribution in [3.8, 4) is 16.5 Å². The number of halogens is 1. The standard InChI is InChI=1S/C17H14FNOS/c1-11(2)17(20)13(10-19)9-15-7-8-16(21-15)12-3-5-14(18)6-4-12/h3-9,11H,1-2H3/b13-9+. The van der Waals surface area contributed by atoms with Crippen LogP contribution in [0.4, 0.5) is 4.39 Å². The number of allylic oxidation sites excluding steroid dienone is 1. The number of rotatable bonds is 4. The van der Waals surface area contributed by atoms with Gasteiger partial charge in [-0.05, 0) is 35.9 Å². The molecule has 0 radical (unpaired) electrons. The second kappa shape index (κ2) is 6.47. The Morgan fingerprint density at radius 1 is 1.24 bits per heavy atom. The molecule has 1 aromatic carbocycles. The number of thiophene rings is 1. The molecule has 0 atom stereocenters. The predicted octanol–water partition coefficient (Wildman–Crippen LogP) is 4.69. The van der Waals surface area contributed by atoms with E-state index in [0.29, 0.717) is 0 Å². The van der Waals surface area contributed by atoms with E-state index in [1.807, 2.05) is 18.2 Å².